The first-order valence-electron chi connectivity index (χ1n) is 10.3. The lowest BCUT2D eigenvalue weighted by atomic mass is 10.1. The highest BCUT2D eigenvalue weighted by Crippen LogP contribution is 2.34. The number of carbonyl (C=O) groups excluding carboxylic acids is 1. The van der Waals surface area contributed by atoms with E-state index in [1.165, 1.54) is 12.1 Å². The summed E-state index contributed by atoms with van der Waals surface area (Å²) < 4.78 is 16.6. The van der Waals surface area contributed by atoms with E-state index in [9.17, 15) is 10.1 Å². The fraction of sp³-hybridized carbons (Fsp3) is 0.154. The van der Waals surface area contributed by atoms with Crippen molar-refractivity contribution in [1.29, 1.82) is 5.26 Å². The van der Waals surface area contributed by atoms with E-state index in [2.05, 4.69) is 5.32 Å². The van der Waals surface area contributed by atoms with Crippen molar-refractivity contribution in [1.82, 2.24) is 0 Å². The van der Waals surface area contributed by atoms with Crippen molar-refractivity contribution in [3.05, 3.63) is 87.4 Å². The molecule has 3 aromatic rings. The molecule has 0 aliphatic rings. The van der Waals surface area contributed by atoms with Gasteiger partial charge in [0.2, 0.25) is 0 Å². The normalized spacial score (nSPS) is 10.9. The third-order valence-electron chi connectivity index (χ3n) is 4.67. The molecule has 0 aliphatic carbocycles. The Morgan fingerprint density at radius 2 is 1.65 bits per heavy atom. The molecular formula is C26H22Cl2N2O4. The summed E-state index contributed by atoms with van der Waals surface area (Å²) in [6.07, 6.45) is 1.39. The van der Waals surface area contributed by atoms with Gasteiger partial charge in [-0.15, -0.1) is 0 Å². The molecule has 0 fully saturated rings. The molecule has 0 saturated carbocycles. The summed E-state index contributed by atoms with van der Waals surface area (Å²) in [6, 6.07) is 19.4. The van der Waals surface area contributed by atoms with Crippen LogP contribution in [-0.2, 0) is 4.79 Å². The summed E-state index contributed by atoms with van der Waals surface area (Å²) >= 11 is 12.5. The Bertz CT molecular complexity index is 1220. The average molecular weight is 497 g/mol. The molecule has 0 bridgehead atoms. The number of nitrogens with zero attached hydrogens (tertiary/aromatic N) is 1. The number of anilines is 1. The molecule has 0 radical (unpaired) electrons. The standard InChI is InChI=1S/C26H22Cl2N2O4/c1-17-3-5-21(6-4-17)30-26(31)19(16-29)13-18-14-20(27)15-24(28)25(18)34-12-11-33-23-9-7-22(32-2)8-10-23/h3-10,13-15H,11-12H2,1-2H3,(H,30,31)/b19-13+. The lowest BCUT2D eigenvalue weighted by molar-refractivity contribution is -0.112. The van der Waals surface area contributed by atoms with Crippen LogP contribution in [0.15, 0.2) is 66.2 Å². The Hall–Kier alpha value is -3.66. The minimum Gasteiger partial charge on any atom is -0.497 e. The van der Waals surface area contributed by atoms with Gasteiger partial charge in [-0.2, -0.15) is 5.26 Å². The highest BCUT2D eigenvalue weighted by molar-refractivity contribution is 6.36. The molecule has 8 heteroatoms. The number of halogens is 2. The van der Waals surface area contributed by atoms with Crippen molar-refractivity contribution in [3.63, 3.8) is 0 Å². The highest BCUT2D eigenvalue weighted by Gasteiger charge is 2.15. The first kappa shape index (κ1) is 25.0. The van der Waals surface area contributed by atoms with Crippen molar-refractivity contribution in [3.8, 4) is 23.3 Å². The SMILES string of the molecule is COc1ccc(OCCOc2c(Cl)cc(Cl)cc2/C=C(\C#N)C(=O)Nc2ccc(C)cc2)cc1. The molecule has 0 spiro atoms. The molecule has 34 heavy (non-hydrogen) atoms. The van der Waals surface area contributed by atoms with Gasteiger partial charge in [-0.3, -0.25) is 4.79 Å². The molecule has 0 aromatic heterocycles. The summed E-state index contributed by atoms with van der Waals surface area (Å²) in [6.45, 7) is 2.36. The van der Waals surface area contributed by atoms with E-state index in [1.807, 2.05) is 25.1 Å². The zero-order valence-electron chi connectivity index (χ0n) is 18.6. The van der Waals surface area contributed by atoms with E-state index < -0.39 is 5.91 Å². The molecule has 0 saturated heterocycles. The zero-order valence-corrected chi connectivity index (χ0v) is 20.1. The maximum Gasteiger partial charge on any atom is 0.266 e. The Morgan fingerprint density at radius 3 is 2.29 bits per heavy atom. The third-order valence-corrected chi connectivity index (χ3v) is 5.17. The van der Waals surface area contributed by atoms with Gasteiger partial charge in [0.15, 0.2) is 0 Å². The molecule has 3 aromatic carbocycles. The van der Waals surface area contributed by atoms with Crippen molar-refractivity contribution in [2.24, 2.45) is 0 Å². The third kappa shape index (κ3) is 6.92. The number of nitriles is 1. The number of amides is 1. The van der Waals surface area contributed by atoms with Crippen LogP contribution in [0.1, 0.15) is 11.1 Å². The minimum atomic E-state index is -0.559. The molecular weight excluding hydrogens is 475 g/mol. The number of benzene rings is 3. The van der Waals surface area contributed by atoms with Crippen molar-refractivity contribution >= 4 is 40.9 Å². The van der Waals surface area contributed by atoms with Gasteiger partial charge < -0.3 is 19.5 Å². The molecule has 0 aliphatic heterocycles. The van der Waals surface area contributed by atoms with Gasteiger partial charge in [0.05, 0.1) is 12.1 Å². The first-order chi connectivity index (χ1) is 16.4. The smallest absolute Gasteiger partial charge is 0.266 e. The molecule has 1 amide bonds. The van der Waals surface area contributed by atoms with Gasteiger partial charge in [-0.1, -0.05) is 40.9 Å². The van der Waals surface area contributed by atoms with E-state index in [0.29, 0.717) is 27.8 Å². The van der Waals surface area contributed by atoms with Crippen molar-refractivity contribution < 1.29 is 19.0 Å². The quantitative estimate of drug-likeness (QED) is 0.213. The average Bonchev–Trinajstić information content (AvgIpc) is 2.83. The lowest BCUT2D eigenvalue weighted by Gasteiger charge is -2.13. The van der Waals surface area contributed by atoms with Gasteiger partial charge in [-0.05, 0) is 61.5 Å². The summed E-state index contributed by atoms with van der Waals surface area (Å²) in [5, 5.41) is 12.9. The van der Waals surface area contributed by atoms with E-state index >= 15 is 0 Å². The molecule has 174 valence electrons. The predicted octanol–water partition coefficient (Wildman–Crippen LogP) is 6.31. The predicted molar refractivity (Wildman–Crippen MR) is 134 cm³/mol. The summed E-state index contributed by atoms with van der Waals surface area (Å²) in [5.74, 6) is 1.12. The minimum absolute atomic E-state index is 0.127. The van der Waals surface area contributed by atoms with Gasteiger partial charge >= 0.3 is 0 Å². The number of ether oxygens (including phenoxy) is 3. The Morgan fingerprint density at radius 1 is 1.00 bits per heavy atom. The number of aryl methyl sites for hydroxylation is 1. The fourth-order valence-corrected chi connectivity index (χ4v) is 3.52. The van der Waals surface area contributed by atoms with E-state index in [0.717, 1.165) is 11.3 Å². The zero-order chi connectivity index (χ0) is 24.5. The highest BCUT2D eigenvalue weighted by atomic mass is 35.5. The molecule has 0 atom stereocenters. The maximum atomic E-state index is 12.6. The van der Waals surface area contributed by atoms with Crippen molar-refractivity contribution in [2.45, 2.75) is 6.92 Å². The maximum absolute atomic E-state index is 12.6. The number of hydrogen-bond acceptors (Lipinski definition) is 5. The van der Waals surface area contributed by atoms with Gasteiger partial charge in [-0.25, -0.2) is 0 Å². The van der Waals surface area contributed by atoms with E-state index in [4.69, 9.17) is 37.4 Å². The van der Waals surface area contributed by atoms with E-state index in [-0.39, 0.29) is 23.8 Å². The second-order valence-corrected chi connectivity index (χ2v) is 8.01. The number of rotatable bonds is 9. The molecule has 0 heterocycles. The van der Waals surface area contributed by atoms with Crippen LogP contribution in [-0.4, -0.2) is 26.2 Å². The number of carbonyl (C=O) groups is 1. The fourth-order valence-electron chi connectivity index (χ4n) is 2.95. The first-order valence-corrected chi connectivity index (χ1v) is 11.0. The summed E-state index contributed by atoms with van der Waals surface area (Å²) in [7, 11) is 1.59. The van der Waals surface area contributed by atoms with Crippen LogP contribution in [0, 0.1) is 18.3 Å². The number of hydrogen-bond donors (Lipinski definition) is 1. The molecule has 3 rings (SSSR count). The van der Waals surface area contributed by atoms with Crippen LogP contribution in [0.3, 0.4) is 0 Å². The number of nitrogens with one attached hydrogen (secondary N) is 1. The Balaban J connectivity index is 1.72. The summed E-state index contributed by atoms with van der Waals surface area (Å²) in [4.78, 5) is 12.6. The second-order valence-electron chi connectivity index (χ2n) is 7.17. The van der Waals surface area contributed by atoms with E-state index in [1.54, 1.807) is 49.6 Å². The van der Waals surface area contributed by atoms with Crippen LogP contribution in [0.5, 0.6) is 17.2 Å². The van der Waals surface area contributed by atoms with Crippen LogP contribution < -0.4 is 19.5 Å². The number of methoxy groups -OCH3 is 1. The van der Waals surface area contributed by atoms with Crippen molar-refractivity contribution in [2.75, 3.05) is 25.6 Å². The van der Waals surface area contributed by atoms with Crippen LogP contribution >= 0.6 is 23.2 Å². The second kappa shape index (κ2) is 12.0. The largest absolute Gasteiger partial charge is 0.497 e. The van der Waals surface area contributed by atoms with Gasteiger partial charge in [0, 0.05) is 16.3 Å². The monoisotopic (exact) mass is 496 g/mol. The van der Waals surface area contributed by atoms with Gasteiger partial charge in [0.1, 0.15) is 42.1 Å². The Kier molecular flexibility index (Phi) is 8.80. The topological polar surface area (TPSA) is 80.6 Å². The lowest BCUT2D eigenvalue weighted by Crippen LogP contribution is -2.13. The Labute approximate surface area is 208 Å². The summed E-state index contributed by atoms with van der Waals surface area (Å²) in [5.41, 5.74) is 1.91. The molecule has 0 unspecified atom stereocenters. The van der Waals surface area contributed by atoms with Crippen LogP contribution in [0.2, 0.25) is 10.0 Å². The molecule has 6 nitrogen and oxygen atoms in total. The van der Waals surface area contributed by atoms with Crippen LogP contribution in [0.25, 0.3) is 6.08 Å². The van der Waals surface area contributed by atoms with Gasteiger partial charge in [0.25, 0.3) is 5.91 Å². The van der Waals surface area contributed by atoms with Crippen LogP contribution in [0.4, 0.5) is 5.69 Å². The molecule has 1 N–H and O–H groups in total.